The molecule has 0 N–H and O–H groups in total. The monoisotopic (exact) mass is 228 g/mol. The molecule has 0 aliphatic heterocycles. The van der Waals surface area contributed by atoms with Crippen LogP contribution in [0.5, 0.6) is 0 Å². The Balaban J connectivity index is 2.94. The van der Waals surface area contributed by atoms with Gasteiger partial charge in [0.2, 0.25) is 0 Å². The lowest BCUT2D eigenvalue weighted by Gasteiger charge is -2.04. The van der Waals surface area contributed by atoms with Gasteiger partial charge in [-0.15, -0.1) is 0 Å². The molecule has 0 aliphatic carbocycles. The zero-order valence-electron chi connectivity index (χ0n) is 8.93. The molecule has 1 aromatic carbocycles. The van der Waals surface area contributed by atoms with Crippen molar-refractivity contribution in [2.45, 2.75) is 20.0 Å². The number of rotatable bonds is 2. The third-order valence-electron chi connectivity index (χ3n) is 2.13. The second kappa shape index (κ2) is 4.51. The predicted molar refractivity (Wildman–Crippen MR) is 55.9 cm³/mol. The van der Waals surface area contributed by atoms with Crippen LogP contribution in [0.2, 0.25) is 0 Å². The molecule has 0 spiro atoms. The van der Waals surface area contributed by atoms with Crippen molar-refractivity contribution < 1.29 is 18.0 Å². The Morgan fingerprint density at radius 1 is 1.19 bits per heavy atom. The van der Waals surface area contributed by atoms with Gasteiger partial charge in [0, 0.05) is 0 Å². The van der Waals surface area contributed by atoms with Crippen LogP contribution in [-0.4, -0.2) is 12.0 Å². The number of carbonyl (C=O) groups excluding carboxylic acids is 1. The summed E-state index contributed by atoms with van der Waals surface area (Å²) in [5.74, 6) is -1.83. The van der Waals surface area contributed by atoms with Gasteiger partial charge in [-0.25, -0.2) is 0 Å². The van der Waals surface area contributed by atoms with E-state index in [1.165, 1.54) is 6.92 Å². The topological polar surface area (TPSA) is 17.1 Å². The molecule has 0 bridgehead atoms. The SMILES string of the molecule is CC(=CC(=O)C(F)(F)F)c1ccc(C)cc1. The molecule has 4 heteroatoms. The molecule has 1 rings (SSSR count). The Morgan fingerprint density at radius 3 is 2.12 bits per heavy atom. The number of benzene rings is 1. The van der Waals surface area contributed by atoms with Crippen LogP contribution in [0.4, 0.5) is 13.2 Å². The Hall–Kier alpha value is -1.58. The molecule has 1 aromatic rings. The average Bonchev–Trinajstić information content (AvgIpc) is 2.17. The average molecular weight is 228 g/mol. The molecule has 0 unspecified atom stereocenters. The third-order valence-corrected chi connectivity index (χ3v) is 2.13. The van der Waals surface area contributed by atoms with E-state index in [1.54, 1.807) is 24.3 Å². The second-order valence-electron chi connectivity index (χ2n) is 3.56. The number of ketones is 1. The molecule has 0 saturated carbocycles. The fourth-order valence-corrected chi connectivity index (χ4v) is 1.18. The number of hydrogen-bond donors (Lipinski definition) is 0. The van der Waals surface area contributed by atoms with Gasteiger partial charge in [0.25, 0.3) is 5.78 Å². The lowest BCUT2D eigenvalue weighted by atomic mass is 10.0. The van der Waals surface area contributed by atoms with Gasteiger partial charge in [-0.2, -0.15) is 13.2 Å². The van der Waals surface area contributed by atoms with E-state index in [2.05, 4.69) is 0 Å². The highest BCUT2D eigenvalue weighted by atomic mass is 19.4. The van der Waals surface area contributed by atoms with Gasteiger partial charge in [-0.05, 0) is 31.1 Å². The van der Waals surface area contributed by atoms with Crippen LogP contribution in [0.3, 0.4) is 0 Å². The second-order valence-corrected chi connectivity index (χ2v) is 3.56. The smallest absolute Gasteiger partial charge is 0.285 e. The maximum absolute atomic E-state index is 12.0. The number of alkyl halides is 3. The van der Waals surface area contributed by atoms with Crippen molar-refractivity contribution in [3.8, 4) is 0 Å². The maximum Gasteiger partial charge on any atom is 0.454 e. The molecule has 1 nitrogen and oxygen atoms in total. The summed E-state index contributed by atoms with van der Waals surface area (Å²) in [6, 6.07) is 6.94. The Bertz CT molecular complexity index is 413. The number of halogens is 3. The third kappa shape index (κ3) is 3.22. The predicted octanol–water partition coefficient (Wildman–Crippen LogP) is 3.53. The van der Waals surface area contributed by atoms with Gasteiger partial charge in [0.05, 0.1) is 0 Å². The highest BCUT2D eigenvalue weighted by Gasteiger charge is 2.36. The fraction of sp³-hybridized carbons (Fsp3) is 0.250. The van der Waals surface area contributed by atoms with E-state index in [-0.39, 0.29) is 0 Å². The lowest BCUT2D eigenvalue weighted by Crippen LogP contribution is -2.20. The molecular weight excluding hydrogens is 217 g/mol. The molecule has 0 aliphatic rings. The maximum atomic E-state index is 12.0. The summed E-state index contributed by atoms with van der Waals surface area (Å²) in [5.41, 5.74) is 1.93. The van der Waals surface area contributed by atoms with Gasteiger partial charge in [-0.1, -0.05) is 29.8 Å². The Labute approximate surface area is 91.6 Å². The molecular formula is C12H11F3O. The first-order valence-electron chi connectivity index (χ1n) is 4.67. The molecule has 0 amide bonds. The first kappa shape index (κ1) is 12.5. The van der Waals surface area contributed by atoms with E-state index in [4.69, 9.17) is 0 Å². The highest BCUT2D eigenvalue weighted by molar-refractivity contribution is 6.00. The van der Waals surface area contributed by atoms with E-state index in [0.29, 0.717) is 17.2 Å². The first-order valence-corrected chi connectivity index (χ1v) is 4.67. The van der Waals surface area contributed by atoms with Crippen LogP contribution < -0.4 is 0 Å². The number of aryl methyl sites for hydroxylation is 1. The van der Waals surface area contributed by atoms with Crippen LogP contribution in [0.1, 0.15) is 18.1 Å². The van der Waals surface area contributed by atoms with Crippen LogP contribution in [-0.2, 0) is 4.79 Å². The standard InChI is InChI=1S/C12H11F3O/c1-8-3-5-10(6-4-8)9(2)7-11(16)12(13,14)15/h3-7H,1-2H3. The number of allylic oxidation sites excluding steroid dienone is 2. The summed E-state index contributed by atoms with van der Waals surface area (Å²) >= 11 is 0. The Kier molecular flexibility index (Phi) is 3.52. The van der Waals surface area contributed by atoms with E-state index in [9.17, 15) is 18.0 Å². The quantitative estimate of drug-likeness (QED) is 0.708. The minimum absolute atomic E-state index is 0.308. The zero-order chi connectivity index (χ0) is 12.3. The lowest BCUT2D eigenvalue weighted by molar-refractivity contribution is -0.165. The summed E-state index contributed by atoms with van der Waals surface area (Å²) in [4.78, 5) is 10.7. The van der Waals surface area contributed by atoms with Gasteiger partial charge < -0.3 is 0 Å². The van der Waals surface area contributed by atoms with Crippen LogP contribution >= 0.6 is 0 Å². The van der Waals surface area contributed by atoms with Gasteiger partial charge in [0.1, 0.15) is 0 Å². The van der Waals surface area contributed by atoms with Gasteiger partial charge in [0.15, 0.2) is 0 Å². The largest absolute Gasteiger partial charge is 0.454 e. The van der Waals surface area contributed by atoms with Crippen LogP contribution in [0.25, 0.3) is 5.57 Å². The van der Waals surface area contributed by atoms with Gasteiger partial charge >= 0.3 is 6.18 Å². The number of carbonyl (C=O) groups is 1. The Morgan fingerprint density at radius 2 is 1.69 bits per heavy atom. The minimum Gasteiger partial charge on any atom is -0.285 e. The van der Waals surface area contributed by atoms with Gasteiger partial charge in [-0.3, -0.25) is 4.79 Å². The van der Waals surface area contributed by atoms with E-state index >= 15 is 0 Å². The molecule has 0 atom stereocenters. The highest BCUT2D eigenvalue weighted by Crippen LogP contribution is 2.20. The summed E-state index contributed by atoms with van der Waals surface area (Å²) in [5, 5.41) is 0. The molecule has 0 radical (unpaired) electrons. The summed E-state index contributed by atoms with van der Waals surface area (Å²) < 4.78 is 36.0. The normalized spacial score (nSPS) is 12.7. The molecule has 0 aromatic heterocycles. The van der Waals surface area contributed by atoms with Crippen LogP contribution in [0.15, 0.2) is 30.3 Å². The summed E-state index contributed by atoms with van der Waals surface area (Å²) in [7, 11) is 0. The molecule has 0 saturated heterocycles. The van der Waals surface area contributed by atoms with Crippen molar-refractivity contribution >= 4 is 11.4 Å². The van der Waals surface area contributed by atoms with Crippen molar-refractivity contribution in [2.24, 2.45) is 0 Å². The summed E-state index contributed by atoms with van der Waals surface area (Å²) in [6.07, 6.45) is -4.18. The van der Waals surface area contributed by atoms with E-state index < -0.39 is 12.0 Å². The zero-order valence-corrected chi connectivity index (χ0v) is 8.93. The van der Waals surface area contributed by atoms with E-state index in [0.717, 1.165) is 5.56 Å². The van der Waals surface area contributed by atoms with Crippen molar-refractivity contribution in [3.63, 3.8) is 0 Å². The number of hydrogen-bond acceptors (Lipinski definition) is 1. The van der Waals surface area contributed by atoms with Crippen molar-refractivity contribution in [1.82, 2.24) is 0 Å². The van der Waals surface area contributed by atoms with Crippen molar-refractivity contribution in [1.29, 1.82) is 0 Å². The molecule has 16 heavy (non-hydrogen) atoms. The van der Waals surface area contributed by atoms with Crippen molar-refractivity contribution in [2.75, 3.05) is 0 Å². The summed E-state index contributed by atoms with van der Waals surface area (Å²) in [6.45, 7) is 3.36. The first-order chi connectivity index (χ1) is 7.30. The van der Waals surface area contributed by atoms with E-state index in [1.807, 2.05) is 6.92 Å². The fourth-order valence-electron chi connectivity index (χ4n) is 1.18. The van der Waals surface area contributed by atoms with Crippen molar-refractivity contribution in [3.05, 3.63) is 41.5 Å². The molecule has 0 heterocycles. The van der Waals surface area contributed by atoms with Crippen LogP contribution in [0, 0.1) is 6.92 Å². The molecule has 86 valence electrons. The molecule has 0 fully saturated rings. The minimum atomic E-state index is -4.80.